The topological polar surface area (TPSA) is 45.2 Å². The standard InChI is InChI=1S/C26H39N3O/c1-2-3-4-13-29(25(30)28-10-5-6-21-7-11-27-12-8-21)14-9-26-18-22-15-23(19-26)17-24(16-22)20-26/h5-8,11-12,22-24H,2-4,9-10,13-20H2,1H3,(H,28,30)/b6-5+. The monoisotopic (exact) mass is 409 g/mol. The predicted molar refractivity (Wildman–Crippen MR) is 123 cm³/mol. The molecule has 0 spiro atoms. The van der Waals surface area contributed by atoms with Crippen LogP contribution in [0.15, 0.2) is 30.6 Å². The maximum absolute atomic E-state index is 12.9. The molecule has 1 heterocycles. The van der Waals surface area contributed by atoms with Gasteiger partial charge in [0.05, 0.1) is 0 Å². The average Bonchev–Trinajstić information content (AvgIpc) is 2.73. The Balaban J connectivity index is 1.29. The molecule has 4 nitrogen and oxygen atoms in total. The second-order valence-corrected chi connectivity index (χ2v) is 10.2. The summed E-state index contributed by atoms with van der Waals surface area (Å²) in [5.74, 6) is 2.95. The van der Waals surface area contributed by atoms with Crippen molar-refractivity contribution in [3.8, 4) is 0 Å². The smallest absolute Gasteiger partial charge is 0.317 e. The molecule has 0 saturated heterocycles. The lowest BCUT2D eigenvalue weighted by Gasteiger charge is -2.57. The number of nitrogens with one attached hydrogen (secondary N) is 1. The lowest BCUT2D eigenvalue weighted by Crippen LogP contribution is -2.48. The van der Waals surface area contributed by atoms with E-state index in [1.165, 1.54) is 57.8 Å². The van der Waals surface area contributed by atoms with E-state index in [0.717, 1.165) is 42.8 Å². The van der Waals surface area contributed by atoms with Gasteiger partial charge >= 0.3 is 6.03 Å². The summed E-state index contributed by atoms with van der Waals surface area (Å²) in [5, 5.41) is 3.12. The maximum atomic E-state index is 12.9. The summed E-state index contributed by atoms with van der Waals surface area (Å²) in [4.78, 5) is 19.1. The number of carbonyl (C=O) groups is 1. The molecule has 164 valence electrons. The quantitative estimate of drug-likeness (QED) is 0.489. The summed E-state index contributed by atoms with van der Waals surface area (Å²) in [6, 6.07) is 4.05. The van der Waals surface area contributed by atoms with E-state index in [1.54, 1.807) is 12.4 Å². The minimum atomic E-state index is 0.107. The van der Waals surface area contributed by atoms with Crippen LogP contribution < -0.4 is 5.32 Å². The molecule has 4 aliphatic rings. The average molecular weight is 410 g/mol. The molecule has 0 aliphatic heterocycles. The summed E-state index contributed by atoms with van der Waals surface area (Å²) >= 11 is 0. The zero-order chi connectivity index (χ0) is 20.8. The first kappa shape index (κ1) is 21.4. The predicted octanol–water partition coefficient (Wildman–Crippen LogP) is 5.90. The van der Waals surface area contributed by atoms with Crippen LogP contribution in [-0.2, 0) is 0 Å². The van der Waals surface area contributed by atoms with E-state index >= 15 is 0 Å². The Morgan fingerprint density at radius 1 is 1.10 bits per heavy atom. The molecule has 1 N–H and O–H groups in total. The number of aromatic nitrogens is 1. The zero-order valence-corrected chi connectivity index (χ0v) is 18.7. The van der Waals surface area contributed by atoms with E-state index in [4.69, 9.17) is 0 Å². The minimum absolute atomic E-state index is 0.107. The Kier molecular flexibility index (Phi) is 7.12. The molecular weight excluding hydrogens is 370 g/mol. The van der Waals surface area contributed by atoms with E-state index in [2.05, 4.69) is 22.1 Å². The van der Waals surface area contributed by atoms with Crippen molar-refractivity contribution in [1.82, 2.24) is 15.2 Å². The number of rotatable bonds is 10. The van der Waals surface area contributed by atoms with Crippen molar-refractivity contribution in [2.75, 3.05) is 19.6 Å². The largest absolute Gasteiger partial charge is 0.335 e. The van der Waals surface area contributed by atoms with Gasteiger partial charge in [0.2, 0.25) is 0 Å². The summed E-state index contributed by atoms with van der Waals surface area (Å²) in [5.41, 5.74) is 1.65. The molecule has 30 heavy (non-hydrogen) atoms. The van der Waals surface area contributed by atoms with E-state index < -0.39 is 0 Å². The second-order valence-electron chi connectivity index (χ2n) is 10.2. The van der Waals surface area contributed by atoms with Gasteiger partial charge in [0, 0.05) is 32.0 Å². The highest BCUT2D eigenvalue weighted by Crippen LogP contribution is 2.61. The van der Waals surface area contributed by atoms with Gasteiger partial charge in [-0.2, -0.15) is 0 Å². The number of carbonyl (C=O) groups excluding carboxylic acids is 1. The fraction of sp³-hybridized carbons (Fsp3) is 0.692. The molecule has 4 aliphatic carbocycles. The molecule has 0 radical (unpaired) electrons. The number of hydrogen-bond acceptors (Lipinski definition) is 2. The van der Waals surface area contributed by atoms with Crippen molar-refractivity contribution in [2.24, 2.45) is 23.2 Å². The third-order valence-corrected chi connectivity index (χ3v) is 7.78. The third kappa shape index (κ3) is 5.44. The molecule has 0 aromatic carbocycles. The Bertz CT molecular complexity index is 679. The fourth-order valence-corrected chi connectivity index (χ4v) is 6.76. The number of pyridine rings is 1. The van der Waals surface area contributed by atoms with Gasteiger partial charge < -0.3 is 10.2 Å². The van der Waals surface area contributed by atoms with Gasteiger partial charge in [-0.1, -0.05) is 31.9 Å². The first-order valence-electron chi connectivity index (χ1n) is 12.2. The molecule has 4 fully saturated rings. The van der Waals surface area contributed by atoms with Gasteiger partial charge in [0.15, 0.2) is 0 Å². The second kappa shape index (κ2) is 9.98. The van der Waals surface area contributed by atoms with Gasteiger partial charge in [-0.05, 0) is 92.2 Å². The van der Waals surface area contributed by atoms with Crippen LogP contribution in [0.1, 0.15) is 76.7 Å². The Morgan fingerprint density at radius 2 is 1.77 bits per heavy atom. The highest BCUT2D eigenvalue weighted by Gasteiger charge is 2.50. The zero-order valence-electron chi connectivity index (χ0n) is 18.7. The molecular formula is C26H39N3O. The Hall–Kier alpha value is -1.84. The molecule has 4 heteroatoms. The highest BCUT2D eigenvalue weighted by molar-refractivity contribution is 5.74. The van der Waals surface area contributed by atoms with Crippen LogP contribution in [0.25, 0.3) is 6.08 Å². The van der Waals surface area contributed by atoms with Gasteiger partial charge in [0.1, 0.15) is 0 Å². The lowest BCUT2D eigenvalue weighted by atomic mass is 9.49. The van der Waals surface area contributed by atoms with Gasteiger partial charge in [-0.15, -0.1) is 0 Å². The molecule has 1 aromatic rings. The molecule has 0 atom stereocenters. The summed E-state index contributed by atoms with van der Waals surface area (Å²) in [6.07, 6.45) is 21.1. The fourth-order valence-electron chi connectivity index (χ4n) is 6.76. The van der Waals surface area contributed by atoms with Crippen molar-refractivity contribution in [2.45, 2.75) is 71.1 Å². The van der Waals surface area contributed by atoms with Crippen molar-refractivity contribution >= 4 is 12.1 Å². The van der Waals surface area contributed by atoms with Gasteiger partial charge in [-0.3, -0.25) is 4.98 Å². The molecule has 4 bridgehead atoms. The molecule has 2 amide bonds. The Morgan fingerprint density at radius 3 is 2.40 bits per heavy atom. The van der Waals surface area contributed by atoms with Crippen molar-refractivity contribution in [1.29, 1.82) is 0 Å². The van der Waals surface area contributed by atoms with Crippen LogP contribution in [-0.4, -0.2) is 35.5 Å². The van der Waals surface area contributed by atoms with Crippen LogP contribution in [0.3, 0.4) is 0 Å². The van der Waals surface area contributed by atoms with Crippen molar-refractivity contribution < 1.29 is 4.79 Å². The van der Waals surface area contributed by atoms with E-state index in [0.29, 0.717) is 12.0 Å². The van der Waals surface area contributed by atoms with Crippen molar-refractivity contribution in [3.05, 3.63) is 36.2 Å². The number of unbranched alkanes of at least 4 members (excludes halogenated alkanes) is 2. The van der Waals surface area contributed by atoms with Crippen LogP contribution in [0.4, 0.5) is 4.79 Å². The summed E-state index contributed by atoms with van der Waals surface area (Å²) in [6.45, 7) is 4.61. The summed E-state index contributed by atoms with van der Waals surface area (Å²) < 4.78 is 0. The molecule has 4 saturated carbocycles. The van der Waals surface area contributed by atoms with Crippen LogP contribution in [0.5, 0.6) is 0 Å². The summed E-state index contributed by atoms with van der Waals surface area (Å²) in [7, 11) is 0. The SMILES string of the molecule is CCCCCN(CCC12CC3CC(CC(C3)C1)C2)C(=O)NC/C=C/c1ccncc1. The molecule has 5 rings (SSSR count). The van der Waals surface area contributed by atoms with Gasteiger partial charge in [0.25, 0.3) is 0 Å². The van der Waals surface area contributed by atoms with E-state index in [1.807, 2.05) is 24.3 Å². The molecule has 1 aromatic heterocycles. The first-order chi connectivity index (χ1) is 14.7. The van der Waals surface area contributed by atoms with E-state index in [9.17, 15) is 4.79 Å². The van der Waals surface area contributed by atoms with Crippen LogP contribution in [0, 0.1) is 23.2 Å². The lowest BCUT2D eigenvalue weighted by molar-refractivity contribution is -0.0596. The van der Waals surface area contributed by atoms with Gasteiger partial charge in [-0.25, -0.2) is 4.79 Å². The maximum Gasteiger partial charge on any atom is 0.317 e. The number of urea groups is 1. The van der Waals surface area contributed by atoms with E-state index in [-0.39, 0.29) is 6.03 Å². The Labute approximate surface area is 182 Å². The third-order valence-electron chi connectivity index (χ3n) is 7.78. The van der Waals surface area contributed by atoms with Crippen LogP contribution in [0.2, 0.25) is 0 Å². The first-order valence-corrected chi connectivity index (χ1v) is 12.2. The number of nitrogens with zero attached hydrogens (tertiary/aromatic N) is 2. The number of amides is 2. The van der Waals surface area contributed by atoms with Crippen molar-refractivity contribution in [3.63, 3.8) is 0 Å². The highest BCUT2D eigenvalue weighted by atomic mass is 16.2. The molecule has 0 unspecified atom stereocenters. The minimum Gasteiger partial charge on any atom is -0.335 e. The van der Waals surface area contributed by atoms with Crippen LogP contribution >= 0.6 is 0 Å². The number of hydrogen-bond donors (Lipinski definition) is 1. The normalized spacial score (nSPS) is 29.4.